The van der Waals surface area contributed by atoms with E-state index in [0.29, 0.717) is 36.6 Å². The minimum atomic E-state index is -1.20. The number of amides is 1. The van der Waals surface area contributed by atoms with Gasteiger partial charge in [-0.05, 0) is 71.6 Å². The first-order valence-electron chi connectivity index (χ1n) is 15.3. The van der Waals surface area contributed by atoms with Crippen LogP contribution in [0.25, 0.3) is 11.5 Å². The molecule has 6 heterocycles. The first kappa shape index (κ1) is 29.1. The van der Waals surface area contributed by atoms with Crippen LogP contribution in [0.5, 0.6) is 0 Å². The standard InChI is InChI=1S/C31H42N8O2S/c1-7-21-13-14-26-35-36-29(39(21)26)24-11-8-12-25(33-24)38-18-23-22(30(38)40)16-27(37-15-9-10-20(37)3)34-28(23)19(2)17-32-42(41)31(4,5)6/h8,11-12,16,19-21,32H,7,9-10,13-15,17-18H2,1-6H3/t19?,20-,21+,42-/m1/s1. The van der Waals surface area contributed by atoms with Crippen molar-refractivity contribution in [3.8, 4) is 11.5 Å². The molecule has 1 fully saturated rings. The average molecular weight is 591 g/mol. The molecule has 42 heavy (non-hydrogen) atoms. The number of nitrogens with one attached hydrogen (secondary N) is 1. The van der Waals surface area contributed by atoms with Crippen molar-refractivity contribution in [3.63, 3.8) is 0 Å². The first-order valence-corrected chi connectivity index (χ1v) is 16.4. The van der Waals surface area contributed by atoms with Gasteiger partial charge in [-0.2, -0.15) is 0 Å². The van der Waals surface area contributed by atoms with Gasteiger partial charge < -0.3 is 14.0 Å². The van der Waals surface area contributed by atoms with E-state index in [1.807, 2.05) is 45.0 Å². The van der Waals surface area contributed by atoms with Crippen LogP contribution < -0.4 is 14.5 Å². The molecule has 1 unspecified atom stereocenters. The summed E-state index contributed by atoms with van der Waals surface area (Å²) in [7, 11) is 0. The number of anilines is 2. The maximum atomic E-state index is 14.0. The van der Waals surface area contributed by atoms with Crippen molar-refractivity contribution in [1.82, 2.24) is 29.5 Å². The third kappa shape index (κ3) is 5.20. The number of rotatable bonds is 8. The third-order valence-corrected chi connectivity index (χ3v) is 10.4. The topological polar surface area (TPSA) is 115 Å². The lowest BCUT2D eigenvalue weighted by atomic mass is 9.99. The van der Waals surface area contributed by atoms with Gasteiger partial charge >= 0.3 is 0 Å². The van der Waals surface area contributed by atoms with Crippen LogP contribution >= 0.6 is 0 Å². The largest absolute Gasteiger partial charge is 0.598 e. The van der Waals surface area contributed by atoms with Gasteiger partial charge in [-0.25, -0.2) is 9.97 Å². The van der Waals surface area contributed by atoms with Gasteiger partial charge in [-0.15, -0.1) is 14.9 Å². The molecular formula is C31H42N8O2S. The smallest absolute Gasteiger partial charge is 0.260 e. The zero-order valence-corrected chi connectivity index (χ0v) is 26.4. The van der Waals surface area contributed by atoms with Crippen LogP contribution in [0.15, 0.2) is 24.3 Å². The zero-order valence-electron chi connectivity index (χ0n) is 25.6. The van der Waals surface area contributed by atoms with Gasteiger partial charge in [0.25, 0.3) is 5.91 Å². The lowest BCUT2D eigenvalue weighted by molar-refractivity contribution is 0.0996. The number of hydrogen-bond acceptors (Lipinski definition) is 8. The quantitative estimate of drug-likeness (QED) is 0.367. The number of aryl methyl sites for hydroxylation is 1. The molecule has 0 bridgehead atoms. The highest BCUT2D eigenvalue weighted by Gasteiger charge is 2.37. The second-order valence-corrected chi connectivity index (χ2v) is 14.9. The fourth-order valence-electron chi connectivity index (χ4n) is 6.40. The van der Waals surface area contributed by atoms with E-state index in [9.17, 15) is 9.35 Å². The van der Waals surface area contributed by atoms with Crippen molar-refractivity contribution in [2.75, 3.05) is 22.9 Å². The van der Waals surface area contributed by atoms with Crippen molar-refractivity contribution in [1.29, 1.82) is 0 Å². The van der Waals surface area contributed by atoms with E-state index in [0.717, 1.165) is 73.1 Å². The molecule has 1 saturated heterocycles. The molecule has 0 aromatic carbocycles. The summed E-state index contributed by atoms with van der Waals surface area (Å²) < 4.78 is 17.8. The molecule has 1 N–H and O–H groups in total. The molecule has 3 aliphatic rings. The monoisotopic (exact) mass is 590 g/mol. The number of fused-ring (bicyclic) bond motifs is 2. The number of carbonyl (C=O) groups is 1. The Morgan fingerprint density at radius 2 is 1.98 bits per heavy atom. The SMILES string of the molecule is CC[C@H]1CCc2nnc(-c3cccc(N4Cc5c(cc(N6CCC[C@H]6C)nc5C(C)CN[S@+]([O-])C(C)(C)C)C4=O)n3)n21. The third-order valence-electron chi connectivity index (χ3n) is 8.87. The van der Waals surface area contributed by atoms with E-state index in [2.05, 4.69) is 45.2 Å². The maximum absolute atomic E-state index is 14.0. The fraction of sp³-hybridized carbons (Fsp3) is 0.581. The normalized spacial score (nSPS) is 21.6. The predicted octanol–water partition coefficient (Wildman–Crippen LogP) is 4.94. The van der Waals surface area contributed by atoms with E-state index in [4.69, 9.17) is 9.97 Å². The first-order chi connectivity index (χ1) is 20.1. The van der Waals surface area contributed by atoms with Gasteiger partial charge in [0.2, 0.25) is 0 Å². The molecule has 6 rings (SSSR count). The van der Waals surface area contributed by atoms with E-state index < -0.39 is 11.4 Å². The fourth-order valence-corrected chi connectivity index (χ4v) is 7.23. The molecule has 1 amide bonds. The number of nitrogens with zero attached hydrogens (tertiary/aromatic N) is 7. The summed E-state index contributed by atoms with van der Waals surface area (Å²) in [5.74, 6) is 3.10. The van der Waals surface area contributed by atoms with Crippen molar-refractivity contribution in [2.24, 2.45) is 0 Å². The van der Waals surface area contributed by atoms with Gasteiger partial charge in [0, 0.05) is 54.4 Å². The van der Waals surface area contributed by atoms with Crippen LogP contribution in [0.1, 0.15) is 107 Å². The van der Waals surface area contributed by atoms with Crippen LogP contribution in [0.3, 0.4) is 0 Å². The minimum Gasteiger partial charge on any atom is -0.598 e. The van der Waals surface area contributed by atoms with Gasteiger partial charge in [0.05, 0.1) is 17.8 Å². The molecule has 3 aliphatic heterocycles. The van der Waals surface area contributed by atoms with Crippen molar-refractivity contribution < 1.29 is 9.35 Å². The second kappa shape index (κ2) is 11.2. The Morgan fingerprint density at radius 3 is 2.69 bits per heavy atom. The molecule has 3 aromatic heterocycles. The summed E-state index contributed by atoms with van der Waals surface area (Å²) >= 11 is -1.20. The average Bonchev–Trinajstić information content (AvgIpc) is 3.75. The molecular weight excluding hydrogens is 548 g/mol. The molecule has 10 nitrogen and oxygen atoms in total. The van der Waals surface area contributed by atoms with Crippen molar-refractivity contribution in [2.45, 2.75) is 103 Å². The predicted molar refractivity (Wildman–Crippen MR) is 166 cm³/mol. The van der Waals surface area contributed by atoms with E-state index in [1.165, 1.54) is 0 Å². The highest BCUT2D eigenvalue weighted by Crippen LogP contribution is 2.37. The lowest BCUT2D eigenvalue weighted by Crippen LogP contribution is -2.41. The summed E-state index contributed by atoms with van der Waals surface area (Å²) in [4.78, 5) is 28.2. The second-order valence-electron chi connectivity index (χ2n) is 12.9. The molecule has 0 radical (unpaired) electrons. The Balaban J connectivity index is 1.34. The Bertz CT molecular complexity index is 1480. The molecule has 0 saturated carbocycles. The Kier molecular flexibility index (Phi) is 7.78. The lowest BCUT2D eigenvalue weighted by Gasteiger charge is -2.27. The van der Waals surface area contributed by atoms with Gasteiger partial charge in [0.1, 0.15) is 27.9 Å². The molecule has 3 aromatic rings. The number of pyridine rings is 2. The molecule has 0 aliphatic carbocycles. The molecule has 4 atom stereocenters. The molecule has 224 valence electrons. The molecule has 0 spiro atoms. The van der Waals surface area contributed by atoms with Gasteiger partial charge in [-0.3, -0.25) is 9.69 Å². The van der Waals surface area contributed by atoms with Crippen LogP contribution in [0.2, 0.25) is 0 Å². The van der Waals surface area contributed by atoms with Crippen LogP contribution in [0, 0.1) is 0 Å². The Morgan fingerprint density at radius 1 is 1.17 bits per heavy atom. The summed E-state index contributed by atoms with van der Waals surface area (Å²) in [6, 6.07) is 8.49. The Hall–Kier alpha value is -3.02. The van der Waals surface area contributed by atoms with Crippen LogP contribution in [-0.4, -0.2) is 59.1 Å². The highest BCUT2D eigenvalue weighted by molar-refractivity contribution is 7.90. The zero-order chi connectivity index (χ0) is 29.8. The highest BCUT2D eigenvalue weighted by atomic mass is 32.2. The van der Waals surface area contributed by atoms with Crippen LogP contribution in [-0.2, 0) is 24.3 Å². The van der Waals surface area contributed by atoms with E-state index >= 15 is 0 Å². The van der Waals surface area contributed by atoms with Crippen LogP contribution in [0.4, 0.5) is 11.6 Å². The number of hydrogen-bond donors (Lipinski definition) is 1. The summed E-state index contributed by atoms with van der Waals surface area (Å²) in [5.41, 5.74) is 3.21. The molecule has 11 heteroatoms. The maximum Gasteiger partial charge on any atom is 0.260 e. The van der Waals surface area contributed by atoms with Gasteiger partial charge in [0.15, 0.2) is 5.82 Å². The van der Waals surface area contributed by atoms with Crippen molar-refractivity contribution >= 4 is 28.9 Å². The van der Waals surface area contributed by atoms with Crippen molar-refractivity contribution in [3.05, 3.63) is 46.9 Å². The van der Waals surface area contributed by atoms with E-state index in [-0.39, 0.29) is 16.6 Å². The summed E-state index contributed by atoms with van der Waals surface area (Å²) in [6.45, 7) is 14.2. The number of aromatic nitrogens is 5. The minimum absolute atomic E-state index is 0.0421. The van der Waals surface area contributed by atoms with Gasteiger partial charge in [-0.1, -0.05) is 19.9 Å². The summed E-state index contributed by atoms with van der Waals surface area (Å²) in [6.07, 6.45) is 5.23. The summed E-state index contributed by atoms with van der Waals surface area (Å²) in [5, 5.41) is 8.91. The Labute approximate surface area is 251 Å². The van der Waals surface area contributed by atoms with E-state index in [1.54, 1.807) is 4.90 Å². The number of carbonyl (C=O) groups excluding carboxylic acids is 1.